The largest absolute Gasteiger partial charge is 0.328 e. The van der Waals surface area contributed by atoms with Gasteiger partial charge in [-0.25, -0.2) is 4.98 Å². The van der Waals surface area contributed by atoms with E-state index in [-0.39, 0.29) is 0 Å². The van der Waals surface area contributed by atoms with Crippen molar-refractivity contribution in [2.75, 3.05) is 36.4 Å². The lowest BCUT2D eigenvalue weighted by molar-refractivity contribution is -0.942. The summed E-state index contributed by atoms with van der Waals surface area (Å²) in [5, 5.41) is 13.6. The Morgan fingerprint density at radius 1 is 1.14 bits per heavy atom. The molecule has 5 heteroatoms. The number of quaternary nitrogens is 1. The van der Waals surface area contributed by atoms with Crippen LogP contribution in [0.4, 0.5) is 11.6 Å². The van der Waals surface area contributed by atoms with Crippen molar-refractivity contribution in [3.05, 3.63) is 29.3 Å². The van der Waals surface area contributed by atoms with Gasteiger partial charge in [-0.15, -0.1) is 0 Å². The number of aromatic nitrogens is 1. The predicted octanol–water partition coefficient (Wildman–Crippen LogP) is 2.23. The summed E-state index contributed by atoms with van der Waals surface area (Å²) >= 11 is 0. The first-order valence-corrected chi connectivity index (χ1v) is 11.3. The molecule has 1 saturated carbocycles. The third kappa shape index (κ3) is 3.89. The summed E-state index contributed by atoms with van der Waals surface area (Å²) in [4.78, 5) is 7.76. The average Bonchev–Trinajstić information content (AvgIpc) is 2.77. The second-order valence-corrected chi connectivity index (χ2v) is 8.68. The van der Waals surface area contributed by atoms with Crippen LogP contribution in [-0.2, 0) is 13.0 Å². The Balaban J connectivity index is 1.69. The van der Waals surface area contributed by atoms with E-state index in [2.05, 4.69) is 27.8 Å². The molecule has 3 heterocycles. The van der Waals surface area contributed by atoms with Gasteiger partial charge in [-0.2, -0.15) is 5.26 Å². The molecule has 1 saturated heterocycles. The first kappa shape index (κ1) is 19.3. The molecule has 2 fully saturated rings. The van der Waals surface area contributed by atoms with Crippen LogP contribution in [-0.4, -0.2) is 32.2 Å². The lowest BCUT2D eigenvalue weighted by Crippen LogP contribution is -3.15. The third-order valence-electron chi connectivity index (χ3n) is 6.94. The monoisotopic (exact) mass is 381 g/mol. The zero-order valence-corrected chi connectivity index (χ0v) is 17.2. The Morgan fingerprint density at radius 2 is 1.89 bits per heavy atom. The molecule has 3 aliphatic rings. The fourth-order valence-corrected chi connectivity index (χ4v) is 5.43. The van der Waals surface area contributed by atoms with Gasteiger partial charge in [0.2, 0.25) is 11.6 Å². The number of aromatic amines is 1. The van der Waals surface area contributed by atoms with Gasteiger partial charge in [-0.1, -0.05) is 19.1 Å². The minimum Gasteiger partial charge on any atom is -0.328 e. The lowest BCUT2D eigenvalue weighted by Gasteiger charge is -2.35. The number of fused-ring (bicyclic) bond motifs is 1. The standard InChI is InChI=1S/C23H33N5/c1-2-12-25-22-21-17-28(18-9-5-3-6-10-18)15-11-19(21)20(16-24)23(26-22)27-13-7-4-8-14-27/h2,18H,1,3-15,17H2,(H,25,26)/p+2. The normalized spacial score (nSPS) is 23.0. The summed E-state index contributed by atoms with van der Waals surface area (Å²) in [7, 11) is 0. The first-order valence-electron chi connectivity index (χ1n) is 11.3. The molecule has 150 valence electrons. The van der Waals surface area contributed by atoms with E-state index in [1.54, 1.807) is 4.90 Å². The molecule has 1 atom stereocenters. The number of H-pyrrole nitrogens is 1. The molecule has 3 N–H and O–H groups in total. The van der Waals surface area contributed by atoms with Crippen LogP contribution >= 0.6 is 0 Å². The second kappa shape index (κ2) is 8.96. The molecular formula is C23H35N5+2. The van der Waals surface area contributed by atoms with Crippen molar-refractivity contribution < 1.29 is 9.88 Å². The van der Waals surface area contributed by atoms with Crippen LogP contribution in [0.15, 0.2) is 12.7 Å². The van der Waals surface area contributed by atoms with Crippen molar-refractivity contribution in [2.45, 2.75) is 70.4 Å². The minimum atomic E-state index is 0.743. The predicted molar refractivity (Wildman–Crippen MR) is 113 cm³/mol. The number of pyridine rings is 1. The summed E-state index contributed by atoms with van der Waals surface area (Å²) in [5.41, 5.74) is 3.52. The highest BCUT2D eigenvalue weighted by molar-refractivity contribution is 5.61. The van der Waals surface area contributed by atoms with E-state index in [0.717, 1.165) is 62.4 Å². The number of nitrogens with zero attached hydrogens (tertiary/aromatic N) is 2. The minimum absolute atomic E-state index is 0.743. The zero-order valence-electron chi connectivity index (χ0n) is 17.2. The van der Waals surface area contributed by atoms with Crippen LogP contribution in [0.25, 0.3) is 0 Å². The SMILES string of the molecule is C=CCNc1[nH+]c(N2CCCCC2)c(C#N)c2c1C[NH+](C1CCCCC1)CC2. The molecular weight excluding hydrogens is 346 g/mol. The van der Waals surface area contributed by atoms with Gasteiger partial charge in [0.1, 0.15) is 18.2 Å². The van der Waals surface area contributed by atoms with Crippen molar-refractivity contribution in [1.82, 2.24) is 0 Å². The Hall–Kier alpha value is -2.06. The van der Waals surface area contributed by atoms with Crippen LogP contribution < -0.4 is 20.1 Å². The second-order valence-electron chi connectivity index (χ2n) is 8.68. The van der Waals surface area contributed by atoms with Crippen LogP contribution in [0.5, 0.6) is 0 Å². The van der Waals surface area contributed by atoms with Crippen LogP contribution in [0.3, 0.4) is 0 Å². The van der Waals surface area contributed by atoms with Gasteiger partial charge in [0, 0.05) is 6.42 Å². The van der Waals surface area contributed by atoms with Crippen LogP contribution in [0, 0.1) is 11.3 Å². The number of piperidine rings is 1. The Kier molecular flexibility index (Phi) is 6.17. The van der Waals surface area contributed by atoms with Gasteiger partial charge in [-0.05, 0) is 50.5 Å². The molecule has 1 aliphatic carbocycles. The summed E-state index contributed by atoms with van der Waals surface area (Å²) in [6, 6.07) is 3.36. The summed E-state index contributed by atoms with van der Waals surface area (Å²) in [6.45, 7) is 8.91. The first-order chi connectivity index (χ1) is 13.8. The van der Waals surface area contributed by atoms with Crippen molar-refractivity contribution in [3.8, 4) is 6.07 Å². The number of rotatable bonds is 5. The topological polar surface area (TPSA) is 57.6 Å². The van der Waals surface area contributed by atoms with Crippen molar-refractivity contribution in [2.24, 2.45) is 0 Å². The molecule has 0 amide bonds. The molecule has 28 heavy (non-hydrogen) atoms. The molecule has 2 aliphatic heterocycles. The highest BCUT2D eigenvalue weighted by atomic mass is 15.2. The fraction of sp³-hybridized carbons (Fsp3) is 0.652. The number of hydrogen-bond acceptors (Lipinski definition) is 3. The van der Waals surface area contributed by atoms with E-state index in [1.807, 2.05) is 6.08 Å². The van der Waals surface area contributed by atoms with Crippen molar-refractivity contribution in [3.63, 3.8) is 0 Å². The molecule has 0 spiro atoms. The molecule has 1 aromatic heterocycles. The van der Waals surface area contributed by atoms with Gasteiger partial charge in [0.25, 0.3) is 0 Å². The summed E-state index contributed by atoms with van der Waals surface area (Å²) < 4.78 is 0. The smallest absolute Gasteiger partial charge is 0.240 e. The number of anilines is 2. The van der Waals surface area contributed by atoms with Crippen molar-refractivity contribution >= 4 is 11.6 Å². The summed E-state index contributed by atoms with van der Waals surface area (Å²) in [5.74, 6) is 2.15. The zero-order chi connectivity index (χ0) is 19.3. The maximum Gasteiger partial charge on any atom is 0.240 e. The van der Waals surface area contributed by atoms with Gasteiger partial charge in [0.05, 0.1) is 37.8 Å². The average molecular weight is 382 g/mol. The molecule has 0 aromatic carbocycles. The summed E-state index contributed by atoms with van der Waals surface area (Å²) in [6.07, 6.45) is 13.5. The highest BCUT2D eigenvalue weighted by Crippen LogP contribution is 2.29. The van der Waals surface area contributed by atoms with Crippen LogP contribution in [0.1, 0.15) is 68.1 Å². The molecule has 0 bridgehead atoms. The van der Waals surface area contributed by atoms with E-state index in [4.69, 9.17) is 0 Å². The fourth-order valence-electron chi connectivity index (χ4n) is 5.43. The third-order valence-corrected chi connectivity index (χ3v) is 6.94. The maximum atomic E-state index is 10.0. The van der Waals surface area contributed by atoms with Gasteiger partial charge in [-0.3, -0.25) is 4.90 Å². The Morgan fingerprint density at radius 3 is 2.61 bits per heavy atom. The number of nitriles is 1. The van der Waals surface area contributed by atoms with Gasteiger partial charge < -0.3 is 10.2 Å². The van der Waals surface area contributed by atoms with E-state index in [0.29, 0.717) is 0 Å². The number of nitrogens with one attached hydrogen (secondary N) is 3. The lowest BCUT2D eigenvalue weighted by atomic mass is 9.89. The molecule has 5 nitrogen and oxygen atoms in total. The van der Waals surface area contributed by atoms with E-state index < -0.39 is 0 Å². The number of hydrogen-bond donors (Lipinski definition) is 2. The Bertz CT molecular complexity index is 738. The van der Waals surface area contributed by atoms with Crippen LogP contribution in [0.2, 0.25) is 0 Å². The molecule has 1 aromatic rings. The highest BCUT2D eigenvalue weighted by Gasteiger charge is 2.35. The van der Waals surface area contributed by atoms with E-state index in [1.165, 1.54) is 62.5 Å². The molecule has 1 unspecified atom stereocenters. The quantitative estimate of drug-likeness (QED) is 0.769. The van der Waals surface area contributed by atoms with E-state index >= 15 is 0 Å². The van der Waals surface area contributed by atoms with Crippen molar-refractivity contribution in [1.29, 1.82) is 5.26 Å². The molecule has 0 radical (unpaired) electrons. The Labute approximate surface area is 169 Å². The van der Waals surface area contributed by atoms with Gasteiger partial charge in [0.15, 0.2) is 0 Å². The molecule has 4 rings (SSSR count). The van der Waals surface area contributed by atoms with E-state index in [9.17, 15) is 5.26 Å². The van der Waals surface area contributed by atoms with Gasteiger partial charge >= 0.3 is 0 Å². The maximum absolute atomic E-state index is 10.0.